The quantitative estimate of drug-likeness (QED) is 0.787. The van der Waals surface area contributed by atoms with E-state index in [-0.39, 0.29) is 12.0 Å². The molecular formula is C19H24N4O4. The van der Waals surface area contributed by atoms with Crippen LogP contribution in [0.15, 0.2) is 29.1 Å². The molecule has 0 radical (unpaired) electrons. The van der Waals surface area contributed by atoms with Gasteiger partial charge in [-0.3, -0.25) is 14.6 Å². The van der Waals surface area contributed by atoms with Gasteiger partial charge in [-0.05, 0) is 19.1 Å². The summed E-state index contributed by atoms with van der Waals surface area (Å²) < 4.78 is 10.1. The number of hydrogen-bond acceptors (Lipinski definition) is 7. The van der Waals surface area contributed by atoms with E-state index in [1.165, 1.54) is 7.11 Å². The molecule has 1 aliphatic rings. The molecule has 3 rings (SSSR count). The molecule has 0 atom stereocenters. The second kappa shape index (κ2) is 8.11. The van der Waals surface area contributed by atoms with Gasteiger partial charge in [-0.1, -0.05) is 12.1 Å². The second-order valence-corrected chi connectivity index (χ2v) is 6.35. The topological polar surface area (TPSA) is 87.8 Å². The standard InChI is InChI=1S/C19H24N4O4/c1-13-14(12-17(24)27-3)18(25)21-19(20-13)23-10-8-22(9-11-23)15-6-4-5-7-16(15)26-2/h4-7H,8-12H2,1-3H3,(H,20,21,25). The zero-order valence-electron chi connectivity index (χ0n) is 15.8. The molecule has 0 aliphatic carbocycles. The minimum absolute atomic E-state index is 0.0769. The van der Waals surface area contributed by atoms with Crippen molar-refractivity contribution in [2.75, 3.05) is 50.2 Å². The number of benzene rings is 1. The molecule has 1 saturated heterocycles. The summed E-state index contributed by atoms with van der Waals surface area (Å²) in [7, 11) is 2.97. The monoisotopic (exact) mass is 372 g/mol. The highest BCUT2D eigenvalue weighted by Crippen LogP contribution is 2.28. The van der Waals surface area contributed by atoms with Crippen LogP contribution in [0.3, 0.4) is 0 Å². The van der Waals surface area contributed by atoms with Gasteiger partial charge in [0.25, 0.3) is 5.56 Å². The van der Waals surface area contributed by atoms with Gasteiger partial charge in [-0.15, -0.1) is 0 Å². The molecule has 27 heavy (non-hydrogen) atoms. The number of carbonyl (C=O) groups excluding carboxylic acids is 1. The third-order valence-corrected chi connectivity index (χ3v) is 4.76. The summed E-state index contributed by atoms with van der Waals surface area (Å²) in [6, 6.07) is 7.93. The summed E-state index contributed by atoms with van der Waals surface area (Å²) in [4.78, 5) is 35.4. The van der Waals surface area contributed by atoms with E-state index in [9.17, 15) is 9.59 Å². The van der Waals surface area contributed by atoms with Crippen molar-refractivity contribution >= 4 is 17.6 Å². The first-order valence-electron chi connectivity index (χ1n) is 8.83. The molecule has 0 bridgehead atoms. The Morgan fingerprint density at radius 2 is 1.81 bits per heavy atom. The fourth-order valence-electron chi connectivity index (χ4n) is 3.22. The van der Waals surface area contributed by atoms with Crippen molar-refractivity contribution in [1.82, 2.24) is 9.97 Å². The Labute approximate surface area is 157 Å². The Morgan fingerprint density at radius 1 is 1.15 bits per heavy atom. The fraction of sp³-hybridized carbons (Fsp3) is 0.421. The summed E-state index contributed by atoms with van der Waals surface area (Å²) in [5.41, 5.74) is 1.66. The lowest BCUT2D eigenvalue weighted by atomic mass is 10.2. The van der Waals surface area contributed by atoms with Gasteiger partial charge < -0.3 is 19.3 Å². The van der Waals surface area contributed by atoms with Crippen LogP contribution in [0.4, 0.5) is 11.6 Å². The average Bonchev–Trinajstić information content (AvgIpc) is 2.70. The molecule has 0 spiro atoms. The number of nitrogens with one attached hydrogen (secondary N) is 1. The molecule has 144 valence electrons. The van der Waals surface area contributed by atoms with Crippen molar-refractivity contribution in [2.45, 2.75) is 13.3 Å². The fourth-order valence-corrected chi connectivity index (χ4v) is 3.22. The number of methoxy groups -OCH3 is 2. The van der Waals surface area contributed by atoms with Crippen molar-refractivity contribution in [1.29, 1.82) is 0 Å². The van der Waals surface area contributed by atoms with Gasteiger partial charge >= 0.3 is 5.97 Å². The van der Waals surface area contributed by atoms with Crippen LogP contribution in [0, 0.1) is 6.92 Å². The van der Waals surface area contributed by atoms with Crippen LogP contribution in [0.25, 0.3) is 0 Å². The van der Waals surface area contributed by atoms with Crippen LogP contribution in [0.2, 0.25) is 0 Å². The molecule has 1 fully saturated rings. The molecule has 1 aliphatic heterocycles. The molecule has 8 nitrogen and oxygen atoms in total. The van der Waals surface area contributed by atoms with E-state index in [1.54, 1.807) is 14.0 Å². The first-order chi connectivity index (χ1) is 13.0. The van der Waals surface area contributed by atoms with Crippen LogP contribution >= 0.6 is 0 Å². The molecule has 8 heteroatoms. The predicted molar refractivity (Wildman–Crippen MR) is 103 cm³/mol. The Morgan fingerprint density at radius 3 is 2.44 bits per heavy atom. The summed E-state index contributed by atoms with van der Waals surface area (Å²) in [6.45, 7) is 4.75. The number of rotatable bonds is 5. The third kappa shape index (κ3) is 4.05. The largest absolute Gasteiger partial charge is 0.495 e. The van der Waals surface area contributed by atoms with Crippen LogP contribution in [0.1, 0.15) is 11.3 Å². The number of nitrogens with zero attached hydrogens (tertiary/aromatic N) is 3. The lowest BCUT2D eigenvalue weighted by molar-refractivity contribution is -0.139. The maximum absolute atomic E-state index is 12.4. The van der Waals surface area contributed by atoms with Gasteiger partial charge in [0.1, 0.15) is 5.75 Å². The highest BCUT2D eigenvalue weighted by Gasteiger charge is 2.22. The van der Waals surface area contributed by atoms with E-state index >= 15 is 0 Å². The van der Waals surface area contributed by atoms with Crippen molar-refractivity contribution in [2.24, 2.45) is 0 Å². The van der Waals surface area contributed by atoms with Crippen molar-refractivity contribution in [3.8, 4) is 5.75 Å². The highest BCUT2D eigenvalue weighted by molar-refractivity contribution is 5.72. The van der Waals surface area contributed by atoms with Gasteiger partial charge in [0.05, 0.1) is 32.0 Å². The first kappa shape index (κ1) is 18.8. The Bertz CT molecular complexity index is 872. The third-order valence-electron chi connectivity index (χ3n) is 4.76. The zero-order chi connectivity index (χ0) is 19.4. The summed E-state index contributed by atoms with van der Waals surface area (Å²) >= 11 is 0. The minimum atomic E-state index is -0.455. The normalized spacial score (nSPS) is 14.2. The summed E-state index contributed by atoms with van der Waals surface area (Å²) in [5, 5.41) is 0. The molecule has 2 aromatic rings. The SMILES string of the molecule is COC(=O)Cc1c(C)nc(N2CCN(c3ccccc3OC)CC2)[nH]c1=O. The smallest absolute Gasteiger partial charge is 0.310 e. The molecule has 1 aromatic carbocycles. The Hall–Kier alpha value is -3.03. The van der Waals surface area contributed by atoms with Crippen LogP contribution in [-0.4, -0.2) is 56.3 Å². The lowest BCUT2D eigenvalue weighted by Gasteiger charge is -2.36. The Balaban J connectivity index is 1.73. The van der Waals surface area contributed by atoms with Gasteiger partial charge in [-0.2, -0.15) is 0 Å². The maximum Gasteiger partial charge on any atom is 0.310 e. The number of carbonyl (C=O) groups is 1. The van der Waals surface area contributed by atoms with Gasteiger partial charge in [0, 0.05) is 31.7 Å². The van der Waals surface area contributed by atoms with Crippen molar-refractivity contribution < 1.29 is 14.3 Å². The number of aryl methyl sites for hydroxylation is 1. The number of hydrogen-bond donors (Lipinski definition) is 1. The summed E-state index contributed by atoms with van der Waals surface area (Å²) in [5.74, 6) is 0.926. The Kier molecular flexibility index (Phi) is 5.63. The van der Waals surface area contributed by atoms with Crippen molar-refractivity contribution in [3.05, 3.63) is 45.9 Å². The van der Waals surface area contributed by atoms with Crippen LogP contribution in [-0.2, 0) is 16.0 Å². The van der Waals surface area contributed by atoms with Gasteiger partial charge in [0.15, 0.2) is 0 Å². The van der Waals surface area contributed by atoms with Crippen LogP contribution in [0.5, 0.6) is 5.75 Å². The molecule has 1 N–H and O–H groups in total. The molecular weight excluding hydrogens is 348 g/mol. The summed E-state index contributed by atoms with van der Waals surface area (Å²) in [6.07, 6.45) is -0.0769. The van der Waals surface area contributed by atoms with E-state index < -0.39 is 5.97 Å². The van der Waals surface area contributed by atoms with E-state index in [0.717, 1.165) is 37.6 Å². The lowest BCUT2D eigenvalue weighted by Crippen LogP contribution is -2.47. The number of ether oxygens (including phenoxy) is 2. The molecule has 2 heterocycles. The molecule has 0 saturated carbocycles. The number of aromatic amines is 1. The average molecular weight is 372 g/mol. The number of H-pyrrole nitrogens is 1. The second-order valence-electron chi connectivity index (χ2n) is 6.35. The molecule has 1 aromatic heterocycles. The highest BCUT2D eigenvalue weighted by atomic mass is 16.5. The predicted octanol–water partition coefficient (Wildman–Crippen LogP) is 1.13. The zero-order valence-corrected chi connectivity index (χ0v) is 15.8. The van der Waals surface area contributed by atoms with Gasteiger partial charge in [0.2, 0.25) is 5.95 Å². The molecule has 0 unspecified atom stereocenters. The van der Waals surface area contributed by atoms with Gasteiger partial charge in [-0.25, -0.2) is 4.98 Å². The number of piperazine rings is 1. The number of aromatic nitrogens is 2. The maximum atomic E-state index is 12.4. The number of para-hydroxylation sites is 2. The number of esters is 1. The van der Waals surface area contributed by atoms with E-state index in [0.29, 0.717) is 17.2 Å². The van der Waals surface area contributed by atoms with E-state index in [2.05, 4.69) is 19.6 Å². The van der Waals surface area contributed by atoms with E-state index in [1.807, 2.05) is 29.2 Å². The van der Waals surface area contributed by atoms with Crippen molar-refractivity contribution in [3.63, 3.8) is 0 Å². The van der Waals surface area contributed by atoms with Crippen LogP contribution < -0.4 is 20.1 Å². The van der Waals surface area contributed by atoms with E-state index in [4.69, 9.17) is 4.74 Å². The number of anilines is 2. The minimum Gasteiger partial charge on any atom is -0.495 e. The first-order valence-corrected chi connectivity index (χ1v) is 8.83. The molecule has 0 amide bonds.